The number of aromatic hydroxyl groups is 1. The summed E-state index contributed by atoms with van der Waals surface area (Å²) in [6, 6.07) is 26.7. The second kappa shape index (κ2) is 16.3. The molecule has 4 aromatic carbocycles. The number of para-hydroxylation sites is 1. The summed E-state index contributed by atoms with van der Waals surface area (Å²) in [5.74, 6) is -0.715. The lowest BCUT2D eigenvalue weighted by Crippen LogP contribution is -2.16. The Balaban J connectivity index is 0.000000188. The molecule has 11 heteroatoms. The van der Waals surface area contributed by atoms with Crippen LogP contribution in [0.1, 0.15) is 47.6 Å². The molecule has 2 unspecified atom stereocenters. The van der Waals surface area contributed by atoms with Crippen molar-refractivity contribution in [2.24, 2.45) is 0 Å². The molecular weight excluding hydrogens is 694 g/mol. The highest BCUT2D eigenvalue weighted by Gasteiger charge is 2.25. The van der Waals surface area contributed by atoms with Gasteiger partial charge in [-0.15, -0.1) is 0 Å². The number of carbonyl (C=O) groups is 1. The fraction of sp³-hybridized carbons (Fsp3) is 0.162. The number of ketones is 1. The van der Waals surface area contributed by atoms with E-state index < -0.39 is 11.5 Å². The van der Waals surface area contributed by atoms with Crippen LogP contribution in [0.25, 0.3) is 11.0 Å². The molecule has 2 atom stereocenters. The molecule has 0 aliphatic carbocycles. The summed E-state index contributed by atoms with van der Waals surface area (Å²) >= 11 is 24.5. The van der Waals surface area contributed by atoms with Crippen molar-refractivity contribution in [2.45, 2.75) is 38.5 Å². The highest BCUT2D eigenvalue weighted by atomic mass is 35.5. The number of aromatic nitrogens is 2. The molecule has 6 aromatic rings. The number of hydrogen-bond acceptors (Lipinski definition) is 6. The number of hydrogen-bond donors (Lipinski definition) is 1. The van der Waals surface area contributed by atoms with E-state index in [2.05, 4.69) is 4.98 Å². The van der Waals surface area contributed by atoms with Gasteiger partial charge < -0.3 is 18.8 Å². The number of Topliss-reactive ketones (excluding diaryl/α,β-unsaturated/α-hetero) is 1. The first-order valence-electron chi connectivity index (χ1n) is 14.9. The van der Waals surface area contributed by atoms with Crippen LogP contribution < -0.4 is 5.63 Å². The minimum Gasteiger partial charge on any atom is -0.507 e. The van der Waals surface area contributed by atoms with Crippen molar-refractivity contribution in [3.8, 4) is 5.75 Å². The lowest BCUT2D eigenvalue weighted by Gasteiger charge is -2.21. The van der Waals surface area contributed by atoms with Crippen LogP contribution in [0.15, 0.2) is 119 Å². The van der Waals surface area contributed by atoms with E-state index in [9.17, 15) is 14.7 Å². The molecule has 2 aromatic heterocycles. The Labute approximate surface area is 297 Å². The zero-order chi connectivity index (χ0) is 34.2. The molecule has 0 bridgehead atoms. The van der Waals surface area contributed by atoms with Gasteiger partial charge in [0.2, 0.25) is 0 Å². The average Bonchev–Trinajstić information content (AvgIpc) is 3.57. The van der Waals surface area contributed by atoms with Crippen molar-refractivity contribution < 1.29 is 19.1 Å². The van der Waals surface area contributed by atoms with E-state index in [1.807, 2.05) is 53.2 Å². The molecule has 0 saturated carbocycles. The third-order valence-electron chi connectivity index (χ3n) is 7.56. The fourth-order valence-electron chi connectivity index (χ4n) is 5.23. The number of imidazole rings is 1. The normalized spacial score (nSPS) is 12.3. The molecule has 0 spiro atoms. The van der Waals surface area contributed by atoms with Gasteiger partial charge in [0.05, 0.1) is 30.4 Å². The van der Waals surface area contributed by atoms with Gasteiger partial charge >= 0.3 is 5.63 Å². The minimum absolute atomic E-state index is 0.0641. The van der Waals surface area contributed by atoms with Crippen molar-refractivity contribution in [2.75, 3.05) is 0 Å². The summed E-state index contributed by atoms with van der Waals surface area (Å²) in [5, 5.41) is 13.4. The zero-order valence-electron chi connectivity index (χ0n) is 25.7. The van der Waals surface area contributed by atoms with Crippen molar-refractivity contribution in [3.05, 3.63) is 162 Å². The van der Waals surface area contributed by atoms with E-state index >= 15 is 0 Å². The Kier molecular flexibility index (Phi) is 12.0. The molecule has 7 nitrogen and oxygen atoms in total. The van der Waals surface area contributed by atoms with Crippen LogP contribution in [0, 0.1) is 0 Å². The van der Waals surface area contributed by atoms with E-state index in [1.165, 1.54) is 6.92 Å². The predicted octanol–water partition coefficient (Wildman–Crippen LogP) is 10.1. The summed E-state index contributed by atoms with van der Waals surface area (Å²) in [7, 11) is 0. The largest absolute Gasteiger partial charge is 0.507 e. The van der Waals surface area contributed by atoms with Crippen molar-refractivity contribution in [3.63, 3.8) is 0 Å². The van der Waals surface area contributed by atoms with Crippen LogP contribution in [-0.2, 0) is 22.7 Å². The predicted molar refractivity (Wildman–Crippen MR) is 190 cm³/mol. The highest BCUT2D eigenvalue weighted by Crippen LogP contribution is 2.36. The molecular formula is C37H30Cl4N2O5. The number of carbonyl (C=O) groups excluding carboxylic acids is 1. The standard InChI is InChI=1S/C19H16O4.C18H14Cl4N2O/c1-12(20)11-15(13-7-3-2-4-8-13)17-18(21)14-9-5-6-10-16(14)23-19(17)22;19-13-2-1-12(16(21)7-13)10-25-18(9-24-6-5-23-11-24)15-4-3-14(20)8-17(15)22/h2-10,15,21H,11H2,1H3;1-8,11,18H,9-10H2. The Morgan fingerprint density at radius 3 is 2.27 bits per heavy atom. The van der Waals surface area contributed by atoms with Gasteiger partial charge in [0, 0.05) is 50.4 Å². The topological polar surface area (TPSA) is 94.6 Å². The molecule has 2 heterocycles. The number of halogens is 4. The van der Waals surface area contributed by atoms with Crippen molar-refractivity contribution >= 4 is 63.2 Å². The highest BCUT2D eigenvalue weighted by molar-refractivity contribution is 6.35. The Morgan fingerprint density at radius 2 is 1.60 bits per heavy atom. The zero-order valence-corrected chi connectivity index (χ0v) is 28.7. The van der Waals surface area contributed by atoms with Gasteiger partial charge in [0.1, 0.15) is 23.2 Å². The van der Waals surface area contributed by atoms with Crippen LogP contribution in [-0.4, -0.2) is 20.4 Å². The van der Waals surface area contributed by atoms with Gasteiger partial charge in [-0.3, -0.25) is 4.79 Å². The molecule has 0 aliphatic heterocycles. The van der Waals surface area contributed by atoms with E-state index in [0.717, 1.165) is 16.7 Å². The number of benzene rings is 4. The van der Waals surface area contributed by atoms with Gasteiger partial charge in [-0.05, 0) is 54.4 Å². The molecule has 0 saturated heterocycles. The van der Waals surface area contributed by atoms with Gasteiger partial charge in [0.15, 0.2) is 0 Å². The molecule has 1 N–H and O–H groups in total. The maximum atomic E-state index is 12.4. The van der Waals surface area contributed by atoms with Crippen LogP contribution in [0.3, 0.4) is 0 Å². The first-order valence-corrected chi connectivity index (χ1v) is 16.4. The molecule has 48 heavy (non-hydrogen) atoms. The molecule has 246 valence electrons. The van der Waals surface area contributed by atoms with Crippen LogP contribution in [0.2, 0.25) is 20.1 Å². The molecule has 0 aliphatic rings. The van der Waals surface area contributed by atoms with E-state index in [1.54, 1.807) is 61.1 Å². The third-order valence-corrected chi connectivity index (χ3v) is 8.71. The monoisotopic (exact) mass is 722 g/mol. The van der Waals surface area contributed by atoms with Crippen molar-refractivity contribution in [1.29, 1.82) is 0 Å². The van der Waals surface area contributed by atoms with Crippen LogP contribution in [0.4, 0.5) is 0 Å². The lowest BCUT2D eigenvalue weighted by atomic mass is 9.87. The van der Waals surface area contributed by atoms with Gasteiger partial charge in [-0.2, -0.15) is 0 Å². The number of rotatable bonds is 10. The first-order chi connectivity index (χ1) is 23.1. The Hall–Kier alpha value is -4.11. The van der Waals surface area contributed by atoms with E-state index in [0.29, 0.717) is 44.2 Å². The fourth-order valence-corrected chi connectivity index (χ4v) is 6.23. The average molecular weight is 724 g/mol. The minimum atomic E-state index is -0.615. The van der Waals surface area contributed by atoms with E-state index in [4.69, 9.17) is 55.6 Å². The molecule has 0 amide bonds. The number of fused-ring (bicyclic) bond motifs is 1. The SMILES string of the molecule is CC(=O)CC(c1ccccc1)c1c(O)c2ccccc2oc1=O.Clc1ccc(COC(Cn2ccnc2)c2ccc(Cl)cc2Cl)c(Cl)c1. The summed E-state index contributed by atoms with van der Waals surface area (Å²) in [6.45, 7) is 2.36. The molecule has 0 fully saturated rings. The van der Waals surface area contributed by atoms with Gasteiger partial charge in [-0.25, -0.2) is 9.78 Å². The second-order valence-electron chi connectivity index (χ2n) is 11.0. The van der Waals surface area contributed by atoms with Gasteiger partial charge in [-0.1, -0.05) is 101 Å². The summed E-state index contributed by atoms with van der Waals surface area (Å²) in [4.78, 5) is 28.2. The first kappa shape index (κ1) is 35.2. The van der Waals surface area contributed by atoms with Crippen molar-refractivity contribution in [1.82, 2.24) is 9.55 Å². The lowest BCUT2D eigenvalue weighted by molar-refractivity contribution is -0.117. The smallest absolute Gasteiger partial charge is 0.343 e. The van der Waals surface area contributed by atoms with E-state index in [-0.39, 0.29) is 29.6 Å². The molecule has 0 radical (unpaired) electrons. The number of ether oxygens (including phenoxy) is 1. The summed E-state index contributed by atoms with van der Waals surface area (Å²) in [5.41, 5.74) is 2.34. The second-order valence-corrected chi connectivity index (χ2v) is 12.7. The quantitative estimate of drug-likeness (QED) is 0.141. The summed E-state index contributed by atoms with van der Waals surface area (Å²) < 4.78 is 13.4. The Bertz CT molecular complexity index is 2070. The van der Waals surface area contributed by atoms with Crippen LogP contribution >= 0.6 is 46.4 Å². The summed E-state index contributed by atoms with van der Waals surface area (Å²) in [6.07, 6.45) is 5.16. The maximum absolute atomic E-state index is 12.4. The number of nitrogens with zero attached hydrogens (tertiary/aromatic N) is 2. The van der Waals surface area contributed by atoms with Crippen LogP contribution in [0.5, 0.6) is 5.75 Å². The molecule has 6 rings (SSSR count). The van der Waals surface area contributed by atoms with Gasteiger partial charge in [0.25, 0.3) is 0 Å². The third kappa shape index (κ3) is 8.86. The Morgan fingerprint density at radius 1 is 0.917 bits per heavy atom. The maximum Gasteiger partial charge on any atom is 0.343 e.